The second-order valence-corrected chi connectivity index (χ2v) is 2.89. The van der Waals surface area contributed by atoms with Crippen LogP contribution in [-0.2, 0) is 4.74 Å². The molecule has 0 aliphatic carbocycles. The van der Waals surface area contributed by atoms with Gasteiger partial charge in [-0.1, -0.05) is 0 Å². The molecule has 11 heavy (non-hydrogen) atoms. The highest BCUT2D eigenvalue weighted by Crippen LogP contribution is 2.16. The van der Waals surface area contributed by atoms with Crippen LogP contribution in [0.25, 0.3) is 0 Å². The molecule has 0 aromatic heterocycles. The summed E-state index contributed by atoms with van der Waals surface area (Å²) in [5.41, 5.74) is -0.755. The van der Waals surface area contributed by atoms with Crippen LogP contribution in [0.4, 0.5) is 4.39 Å². The zero-order valence-electron chi connectivity index (χ0n) is 6.48. The fourth-order valence-electron chi connectivity index (χ4n) is 1.12. The topological polar surface area (TPSA) is 41.5 Å². The first kappa shape index (κ1) is 8.90. The maximum atomic E-state index is 11.6. The largest absolute Gasteiger partial charge is 0.386 e. The molecule has 3 nitrogen and oxygen atoms in total. The molecule has 1 atom stereocenters. The van der Waals surface area contributed by atoms with Gasteiger partial charge in [-0.25, -0.2) is 4.39 Å². The van der Waals surface area contributed by atoms with Gasteiger partial charge in [0.25, 0.3) is 0 Å². The Morgan fingerprint density at radius 1 is 1.64 bits per heavy atom. The Bertz CT molecular complexity index is 115. The van der Waals surface area contributed by atoms with E-state index in [0.29, 0.717) is 32.7 Å². The Labute approximate surface area is 65.5 Å². The fraction of sp³-hybridized carbons (Fsp3) is 1.00. The summed E-state index contributed by atoms with van der Waals surface area (Å²) in [5.74, 6) is 0. The molecule has 1 fully saturated rings. The van der Waals surface area contributed by atoms with Crippen molar-refractivity contribution in [3.63, 3.8) is 0 Å². The molecule has 0 bridgehead atoms. The Balaban J connectivity index is 2.13. The van der Waals surface area contributed by atoms with Gasteiger partial charge in [0.2, 0.25) is 0 Å². The van der Waals surface area contributed by atoms with Crippen molar-refractivity contribution >= 4 is 0 Å². The predicted molar refractivity (Wildman–Crippen MR) is 39.2 cm³/mol. The molecule has 2 N–H and O–H groups in total. The molecule has 0 saturated carbocycles. The lowest BCUT2D eigenvalue weighted by molar-refractivity contribution is 0.0270. The molecule has 0 radical (unpaired) electrons. The first-order valence-corrected chi connectivity index (χ1v) is 3.84. The SMILES string of the molecule is OC1(CNCCF)CCOC1. The van der Waals surface area contributed by atoms with E-state index in [1.165, 1.54) is 0 Å². The van der Waals surface area contributed by atoms with E-state index < -0.39 is 12.3 Å². The summed E-state index contributed by atoms with van der Waals surface area (Å²) in [6.45, 7) is 1.32. The second kappa shape index (κ2) is 3.99. The molecule has 1 aliphatic rings. The molecule has 0 spiro atoms. The van der Waals surface area contributed by atoms with Crippen molar-refractivity contribution < 1.29 is 14.2 Å². The van der Waals surface area contributed by atoms with E-state index >= 15 is 0 Å². The van der Waals surface area contributed by atoms with E-state index in [2.05, 4.69) is 5.32 Å². The first-order valence-electron chi connectivity index (χ1n) is 3.84. The molecule has 1 unspecified atom stereocenters. The van der Waals surface area contributed by atoms with Crippen LogP contribution >= 0.6 is 0 Å². The van der Waals surface area contributed by atoms with Crippen molar-refractivity contribution in [1.29, 1.82) is 0 Å². The van der Waals surface area contributed by atoms with E-state index in [0.717, 1.165) is 0 Å². The molecule has 66 valence electrons. The van der Waals surface area contributed by atoms with Gasteiger partial charge >= 0.3 is 0 Å². The second-order valence-electron chi connectivity index (χ2n) is 2.89. The smallest absolute Gasteiger partial charge is 0.102 e. The number of rotatable bonds is 4. The van der Waals surface area contributed by atoms with Crippen molar-refractivity contribution in [2.45, 2.75) is 12.0 Å². The third-order valence-electron chi connectivity index (χ3n) is 1.81. The average Bonchev–Trinajstić information content (AvgIpc) is 2.38. The lowest BCUT2D eigenvalue weighted by Crippen LogP contribution is -2.41. The van der Waals surface area contributed by atoms with E-state index in [4.69, 9.17) is 4.74 Å². The maximum Gasteiger partial charge on any atom is 0.102 e. The minimum atomic E-state index is -0.755. The van der Waals surface area contributed by atoms with Crippen LogP contribution in [-0.4, -0.2) is 43.7 Å². The number of halogens is 1. The Morgan fingerprint density at radius 3 is 3.00 bits per heavy atom. The summed E-state index contributed by atoms with van der Waals surface area (Å²) in [5, 5.41) is 12.4. The first-order chi connectivity index (χ1) is 5.27. The minimum Gasteiger partial charge on any atom is -0.386 e. The summed E-state index contributed by atoms with van der Waals surface area (Å²) < 4.78 is 16.6. The summed E-state index contributed by atoms with van der Waals surface area (Å²) in [6, 6.07) is 0. The van der Waals surface area contributed by atoms with E-state index in [1.54, 1.807) is 0 Å². The number of nitrogens with one attached hydrogen (secondary N) is 1. The minimum absolute atomic E-state index is 0.308. The highest BCUT2D eigenvalue weighted by molar-refractivity contribution is 4.84. The van der Waals surface area contributed by atoms with Gasteiger partial charge in [-0.3, -0.25) is 0 Å². The van der Waals surface area contributed by atoms with Crippen molar-refractivity contribution in [1.82, 2.24) is 5.32 Å². The summed E-state index contributed by atoms with van der Waals surface area (Å²) in [7, 11) is 0. The molecule has 1 rings (SSSR count). The van der Waals surface area contributed by atoms with Crippen LogP contribution in [0.5, 0.6) is 0 Å². The van der Waals surface area contributed by atoms with Crippen LogP contribution < -0.4 is 5.32 Å². The molecule has 1 saturated heterocycles. The Morgan fingerprint density at radius 2 is 2.45 bits per heavy atom. The summed E-state index contributed by atoms with van der Waals surface area (Å²) >= 11 is 0. The number of alkyl halides is 1. The Hall–Kier alpha value is -0.190. The van der Waals surface area contributed by atoms with Crippen LogP contribution in [0.3, 0.4) is 0 Å². The van der Waals surface area contributed by atoms with Gasteiger partial charge in [0.1, 0.15) is 12.3 Å². The third kappa shape index (κ3) is 2.73. The van der Waals surface area contributed by atoms with Crippen molar-refractivity contribution in [2.75, 3.05) is 33.0 Å². The van der Waals surface area contributed by atoms with Crippen LogP contribution in [0.1, 0.15) is 6.42 Å². The van der Waals surface area contributed by atoms with Crippen molar-refractivity contribution in [2.24, 2.45) is 0 Å². The molecule has 1 aliphatic heterocycles. The van der Waals surface area contributed by atoms with Crippen LogP contribution in [0, 0.1) is 0 Å². The third-order valence-corrected chi connectivity index (χ3v) is 1.81. The quantitative estimate of drug-likeness (QED) is 0.559. The molecule has 0 amide bonds. The number of aliphatic hydroxyl groups is 1. The lowest BCUT2D eigenvalue weighted by atomic mass is 10.0. The molecule has 0 aromatic rings. The lowest BCUT2D eigenvalue weighted by Gasteiger charge is -2.19. The Kier molecular flexibility index (Phi) is 3.23. The van der Waals surface area contributed by atoms with Crippen molar-refractivity contribution in [3.8, 4) is 0 Å². The zero-order valence-corrected chi connectivity index (χ0v) is 6.48. The fourth-order valence-corrected chi connectivity index (χ4v) is 1.12. The molecular weight excluding hydrogens is 149 g/mol. The normalized spacial score (nSPS) is 31.1. The molecule has 1 heterocycles. The van der Waals surface area contributed by atoms with E-state index in [9.17, 15) is 9.50 Å². The molecule has 4 heteroatoms. The summed E-state index contributed by atoms with van der Waals surface area (Å²) in [6.07, 6.45) is 0.645. The number of hydrogen-bond donors (Lipinski definition) is 2. The molecular formula is C7H14FNO2. The summed E-state index contributed by atoms with van der Waals surface area (Å²) in [4.78, 5) is 0. The standard InChI is InChI=1S/C7H14FNO2/c8-2-3-9-5-7(10)1-4-11-6-7/h9-10H,1-6H2. The van der Waals surface area contributed by atoms with Crippen LogP contribution in [0.15, 0.2) is 0 Å². The number of hydrogen-bond acceptors (Lipinski definition) is 3. The van der Waals surface area contributed by atoms with Gasteiger partial charge in [0.05, 0.1) is 6.61 Å². The van der Waals surface area contributed by atoms with Crippen LogP contribution in [0.2, 0.25) is 0 Å². The highest BCUT2D eigenvalue weighted by atomic mass is 19.1. The number of ether oxygens (including phenoxy) is 1. The average molecular weight is 163 g/mol. The highest BCUT2D eigenvalue weighted by Gasteiger charge is 2.31. The van der Waals surface area contributed by atoms with E-state index in [-0.39, 0.29) is 0 Å². The molecule has 0 aromatic carbocycles. The van der Waals surface area contributed by atoms with Crippen molar-refractivity contribution in [3.05, 3.63) is 0 Å². The van der Waals surface area contributed by atoms with Gasteiger partial charge in [-0.15, -0.1) is 0 Å². The van der Waals surface area contributed by atoms with Gasteiger partial charge in [0, 0.05) is 26.1 Å². The predicted octanol–water partition coefficient (Wildman–Crippen LogP) is -0.303. The maximum absolute atomic E-state index is 11.6. The monoisotopic (exact) mass is 163 g/mol. The van der Waals surface area contributed by atoms with Gasteiger partial charge < -0.3 is 15.2 Å². The van der Waals surface area contributed by atoms with Gasteiger partial charge in [-0.2, -0.15) is 0 Å². The zero-order chi connectivity index (χ0) is 8.16. The van der Waals surface area contributed by atoms with Gasteiger partial charge in [0.15, 0.2) is 0 Å². The van der Waals surface area contributed by atoms with Gasteiger partial charge in [-0.05, 0) is 0 Å². The van der Waals surface area contributed by atoms with E-state index in [1.807, 2.05) is 0 Å².